The number of hydrogen-bond acceptors (Lipinski definition) is 7. The average molecular weight is 485 g/mol. The largest absolute Gasteiger partial charge is 0.476 e. The fourth-order valence-corrected chi connectivity index (χ4v) is 6.19. The van der Waals surface area contributed by atoms with Crippen molar-refractivity contribution in [2.75, 3.05) is 29.5 Å². The Bertz CT molecular complexity index is 1160. The van der Waals surface area contributed by atoms with Gasteiger partial charge in [0.25, 0.3) is 5.91 Å². The van der Waals surface area contributed by atoms with E-state index in [0.29, 0.717) is 15.6 Å². The molecule has 31 heavy (non-hydrogen) atoms. The van der Waals surface area contributed by atoms with Crippen molar-refractivity contribution in [1.29, 1.82) is 0 Å². The fraction of sp³-hybridized carbons (Fsp3) is 0.400. The summed E-state index contributed by atoms with van der Waals surface area (Å²) in [4.78, 5) is 26.5. The molecule has 0 unspecified atom stereocenters. The van der Waals surface area contributed by atoms with Crippen molar-refractivity contribution >= 4 is 55.5 Å². The standard InChI is InChI=1S/C20H21ClN2O6S2/c1-28-20(25)17-12-5-3-4-6-16(12)30-19(17)22-18(24)15-10-23(31(2,26)27)13-9-11(21)7-8-14(13)29-15/h7-9,15H,3-6,10H2,1-2H3,(H,22,24)/t15-/m1/s1. The maximum atomic E-state index is 13.1. The molecule has 11 heteroatoms. The predicted octanol–water partition coefficient (Wildman–Crippen LogP) is 3.23. The zero-order valence-electron chi connectivity index (χ0n) is 16.9. The first-order chi connectivity index (χ1) is 14.7. The van der Waals surface area contributed by atoms with Gasteiger partial charge in [-0.2, -0.15) is 0 Å². The summed E-state index contributed by atoms with van der Waals surface area (Å²) in [5, 5.41) is 3.53. The summed E-state index contributed by atoms with van der Waals surface area (Å²) in [6.07, 6.45) is 3.54. The lowest BCUT2D eigenvalue weighted by Crippen LogP contribution is -2.48. The number of amides is 1. The molecule has 2 aromatic rings. The van der Waals surface area contributed by atoms with Crippen LogP contribution in [0.25, 0.3) is 0 Å². The van der Waals surface area contributed by atoms with E-state index < -0.39 is 28.0 Å². The molecule has 1 aromatic carbocycles. The Kier molecular flexibility index (Phi) is 5.89. The van der Waals surface area contributed by atoms with Gasteiger partial charge in [0.05, 0.1) is 31.2 Å². The van der Waals surface area contributed by atoms with Gasteiger partial charge in [-0.15, -0.1) is 11.3 Å². The van der Waals surface area contributed by atoms with Crippen molar-refractivity contribution in [3.8, 4) is 5.75 Å². The second-order valence-electron chi connectivity index (χ2n) is 7.41. The van der Waals surface area contributed by atoms with E-state index in [0.717, 1.165) is 46.7 Å². The lowest BCUT2D eigenvalue weighted by molar-refractivity contribution is -0.122. The zero-order chi connectivity index (χ0) is 22.3. The average Bonchev–Trinajstić information content (AvgIpc) is 3.09. The monoisotopic (exact) mass is 484 g/mol. The van der Waals surface area contributed by atoms with Crippen molar-refractivity contribution < 1.29 is 27.5 Å². The van der Waals surface area contributed by atoms with Crippen LogP contribution < -0.4 is 14.4 Å². The van der Waals surface area contributed by atoms with Crippen molar-refractivity contribution in [1.82, 2.24) is 0 Å². The molecule has 0 radical (unpaired) electrons. The van der Waals surface area contributed by atoms with Crippen LogP contribution in [0.15, 0.2) is 18.2 Å². The van der Waals surface area contributed by atoms with Crippen LogP contribution in [0.4, 0.5) is 10.7 Å². The first-order valence-corrected chi connectivity index (χ1v) is 12.7. The summed E-state index contributed by atoms with van der Waals surface area (Å²) in [6.45, 7) is -0.212. The molecule has 1 atom stereocenters. The van der Waals surface area contributed by atoms with Gasteiger partial charge < -0.3 is 14.8 Å². The number of anilines is 2. The topological polar surface area (TPSA) is 102 Å². The molecule has 1 aliphatic carbocycles. The molecule has 1 N–H and O–H groups in total. The van der Waals surface area contributed by atoms with E-state index in [1.165, 1.54) is 30.6 Å². The van der Waals surface area contributed by atoms with Crippen molar-refractivity contribution in [2.45, 2.75) is 31.8 Å². The number of methoxy groups -OCH3 is 1. The summed E-state index contributed by atoms with van der Waals surface area (Å²) < 4.78 is 36.5. The van der Waals surface area contributed by atoms with E-state index in [9.17, 15) is 18.0 Å². The van der Waals surface area contributed by atoms with Crippen LogP contribution in [0, 0.1) is 0 Å². The minimum atomic E-state index is -3.68. The lowest BCUT2D eigenvalue weighted by Gasteiger charge is -2.34. The highest BCUT2D eigenvalue weighted by Gasteiger charge is 2.36. The number of esters is 1. The number of benzene rings is 1. The van der Waals surface area contributed by atoms with Gasteiger partial charge in [0.2, 0.25) is 10.0 Å². The maximum Gasteiger partial charge on any atom is 0.341 e. The van der Waals surface area contributed by atoms with Gasteiger partial charge in [-0.3, -0.25) is 9.10 Å². The molecule has 4 rings (SSSR count). The number of carbonyl (C=O) groups is 2. The molecule has 2 heterocycles. The number of carbonyl (C=O) groups excluding carboxylic acids is 2. The van der Waals surface area contributed by atoms with E-state index in [-0.39, 0.29) is 18.0 Å². The van der Waals surface area contributed by atoms with E-state index in [1.54, 1.807) is 6.07 Å². The lowest BCUT2D eigenvalue weighted by atomic mass is 9.95. The summed E-state index contributed by atoms with van der Waals surface area (Å²) in [5.74, 6) is -0.810. The molecular weight excluding hydrogens is 464 g/mol. The molecular formula is C20H21ClN2O6S2. The fourth-order valence-electron chi connectivity index (χ4n) is 3.84. The van der Waals surface area contributed by atoms with Crippen LogP contribution in [0.2, 0.25) is 5.02 Å². The number of sulfonamides is 1. The highest BCUT2D eigenvalue weighted by Crippen LogP contribution is 2.40. The van der Waals surface area contributed by atoms with Gasteiger partial charge in [-0.25, -0.2) is 13.2 Å². The van der Waals surface area contributed by atoms with Gasteiger partial charge in [-0.05, 0) is 49.4 Å². The van der Waals surface area contributed by atoms with Crippen LogP contribution in [0.3, 0.4) is 0 Å². The van der Waals surface area contributed by atoms with Gasteiger partial charge in [0.1, 0.15) is 10.8 Å². The smallest absolute Gasteiger partial charge is 0.341 e. The van der Waals surface area contributed by atoms with Gasteiger partial charge in [0.15, 0.2) is 6.10 Å². The quantitative estimate of drug-likeness (QED) is 0.668. The molecule has 1 aromatic heterocycles. The van der Waals surface area contributed by atoms with Crippen LogP contribution in [-0.2, 0) is 32.4 Å². The molecule has 0 saturated heterocycles. The Labute approximate surface area is 189 Å². The molecule has 1 aliphatic heterocycles. The molecule has 0 bridgehead atoms. The van der Waals surface area contributed by atoms with Crippen LogP contribution in [-0.4, -0.2) is 46.3 Å². The van der Waals surface area contributed by atoms with Crippen LogP contribution in [0.1, 0.15) is 33.6 Å². The minimum absolute atomic E-state index is 0.212. The number of rotatable bonds is 4. The Morgan fingerprint density at radius 2 is 2.03 bits per heavy atom. The number of ether oxygens (including phenoxy) is 2. The van der Waals surface area contributed by atoms with Crippen LogP contribution in [0.5, 0.6) is 5.75 Å². The summed E-state index contributed by atoms with van der Waals surface area (Å²) in [6, 6.07) is 4.57. The van der Waals surface area contributed by atoms with Gasteiger partial charge >= 0.3 is 5.97 Å². The second kappa shape index (κ2) is 8.33. The van der Waals surface area contributed by atoms with Crippen molar-refractivity contribution in [2.24, 2.45) is 0 Å². The molecule has 1 amide bonds. The third kappa shape index (κ3) is 4.24. The number of fused-ring (bicyclic) bond motifs is 2. The normalized spacial score (nSPS) is 17.9. The summed E-state index contributed by atoms with van der Waals surface area (Å²) >= 11 is 7.36. The zero-order valence-corrected chi connectivity index (χ0v) is 19.3. The third-order valence-electron chi connectivity index (χ3n) is 5.28. The minimum Gasteiger partial charge on any atom is -0.476 e. The number of thiophene rings is 1. The van der Waals surface area contributed by atoms with E-state index in [4.69, 9.17) is 21.1 Å². The van der Waals surface area contributed by atoms with E-state index >= 15 is 0 Å². The summed E-state index contributed by atoms with van der Waals surface area (Å²) in [7, 11) is -2.38. The first kappa shape index (κ1) is 21.9. The van der Waals surface area contributed by atoms with Gasteiger partial charge in [-0.1, -0.05) is 11.6 Å². The Balaban J connectivity index is 1.65. The molecule has 0 fully saturated rings. The molecule has 0 saturated carbocycles. The predicted molar refractivity (Wildman–Crippen MR) is 119 cm³/mol. The molecule has 8 nitrogen and oxygen atoms in total. The number of aryl methyl sites for hydroxylation is 1. The van der Waals surface area contributed by atoms with E-state index in [2.05, 4.69) is 5.32 Å². The Morgan fingerprint density at radius 3 is 2.74 bits per heavy atom. The van der Waals surface area contributed by atoms with E-state index in [1.807, 2.05) is 0 Å². The number of nitrogens with zero attached hydrogens (tertiary/aromatic N) is 1. The van der Waals surface area contributed by atoms with Crippen LogP contribution >= 0.6 is 22.9 Å². The summed E-state index contributed by atoms with van der Waals surface area (Å²) in [5.41, 5.74) is 1.57. The number of hydrogen-bond donors (Lipinski definition) is 1. The highest BCUT2D eigenvalue weighted by atomic mass is 35.5. The third-order valence-corrected chi connectivity index (χ3v) is 7.87. The SMILES string of the molecule is COC(=O)c1c(NC(=O)[C@H]2CN(S(C)(=O)=O)c3cc(Cl)ccc3O2)sc2c1CCCC2. The Morgan fingerprint density at radius 1 is 1.29 bits per heavy atom. The maximum absolute atomic E-state index is 13.1. The second-order valence-corrected chi connectivity index (χ2v) is 10.9. The first-order valence-electron chi connectivity index (χ1n) is 9.66. The number of halogens is 1. The molecule has 166 valence electrons. The number of nitrogens with one attached hydrogen (secondary N) is 1. The Hall–Kier alpha value is -2.30. The molecule has 0 spiro atoms. The van der Waals surface area contributed by atoms with Gasteiger partial charge in [0, 0.05) is 9.90 Å². The van der Waals surface area contributed by atoms with Crippen molar-refractivity contribution in [3.05, 3.63) is 39.2 Å². The highest BCUT2D eigenvalue weighted by molar-refractivity contribution is 7.92. The van der Waals surface area contributed by atoms with Crippen molar-refractivity contribution in [3.63, 3.8) is 0 Å². The molecule has 2 aliphatic rings.